The van der Waals surface area contributed by atoms with Crippen LogP contribution < -0.4 is 15.4 Å². The van der Waals surface area contributed by atoms with Crippen molar-refractivity contribution in [3.8, 4) is 5.75 Å². The molecule has 0 bridgehead atoms. The lowest BCUT2D eigenvalue weighted by Crippen LogP contribution is -2.32. The quantitative estimate of drug-likeness (QED) is 0.788. The largest absolute Gasteiger partial charge is 0.483 e. The second-order valence-electron chi connectivity index (χ2n) is 6.49. The van der Waals surface area contributed by atoms with Crippen molar-refractivity contribution in [1.82, 2.24) is 5.32 Å². The number of anilines is 1. The number of aryl methyl sites for hydroxylation is 1. The highest BCUT2D eigenvalue weighted by Crippen LogP contribution is 2.18. The normalized spacial score (nSPS) is 16.0. The molecule has 1 fully saturated rings. The van der Waals surface area contributed by atoms with Gasteiger partial charge in [0.15, 0.2) is 6.61 Å². The Balaban J connectivity index is 1.57. The number of ether oxygens (including phenoxy) is 2. The van der Waals surface area contributed by atoms with E-state index in [1.54, 1.807) is 24.3 Å². The minimum absolute atomic E-state index is 0.0678. The zero-order chi connectivity index (χ0) is 19.1. The van der Waals surface area contributed by atoms with Crippen LogP contribution in [0.3, 0.4) is 0 Å². The molecule has 6 nitrogen and oxygen atoms in total. The minimum Gasteiger partial charge on any atom is -0.483 e. The van der Waals surface area contributed by atoms with Crippen LogP contribution in [0.15, 0.2) is 48.5 Å². The number of benzene rings is 2. The van der Waals surface area contributed by atoms with E-state index in [0.29, 0.717) is 23.5 Å². The maximum Gasteiger partial charge on any atom is 0.262 e. The Morgan fingerprint density at radius 2 is 1.93 bits per heavy atom. The molecule has 142 valence electrons. The van der Waals surface area contributed by atoms with Gasteiger partial charge in [0.1, 0.15) is 5.75 Å². The standard InChI is InChI=1S/C21H24N2O4/c1-15-7-2-5-11-19(15)27-14-20(24)23-18-10-4-3-9-17(18)21(25)22-13-16-8-6-12-26-16/h2-5,7,9-11,16H,6,8,12-14H2,1H3,(H,22,25)(H,23,24)/t16-/m1/s1. The van der Waals surface area contributed by atoms with Crippen molar-refractivity contribution in [2.24, 2.45) is 0 Å². The molecule has 2 amide bonds. The van der Waals surface area contributed by atoms with Gasteiger partial charge in [0.05, 0.1) is 17.4 Å². The first-order valence-corrected chi connectivity index (χ1v) is 9.10. The van der Waals surface area contributed by atoms with E-state index in [2.05, 4.69) is 10.6 Å². The molecular formula is C21H24N2O4. The van der Waals surface area contributed by atoms with E-state index in [9.17, 15) is 9.59 Å². The predicted octanol–water partition coefficient (Wildman–Crippen LogP) is 2.92. The van der Waals surface area contributed by atoms with Gasteiger partial charge in [-0.25, -0.2) is 0 Å². The van der Waals surface area contributed by atoms with Crippen LogP contribution in [-0.4, -0.2) is 37.7 Å². The summed E-state index contributed by atoms with van der Waals surface area (Å²) < 4.78 is 11.1. The Morgan fingerprint density at radius 3 is 2.70 bits per heavy atom. The van der Waals surface area contributed by atoms with Gasteiger partial charge in [0.25, 0.3) is 11.8 Å². The van der Waals surface area contributed by atoms with Gasteiger partial charge in [-0.15, -0.1) is 0 Å². The molecule has 3 rings (SSSR count). The molecule has 0 saturated carbocycles. The molecule has 0 unspecified atom stereocenters. The number of hydrogen-bond donors (Lipinski definition) is 2. The Labute approximate surface area is 158 Å². The molecule has 0 spiro atoms. The molecule has 1 saturated heterocycles. The van der Waals surface area contributed by atoms with Crippen LogP contribution in [-0.2, 0) is 9.53 Å². The molecule has 6 heteroatoms. The molecule has 1 heterocycles. The van der Waals surface area contributed by atoms with Crippen molar-refractivity contribution in [3.05, 3.63) is 59.7 Å². The molecule has 2 aromatic rings. The second-order valence-corrected chi connectivity index (χ2v) is 6.49. The van der Waals surface area contributed by atoms with Gasteiger partial charge in [0, 0.05) is 13.2 Å². The summed E-state index contributed by atoms with van der Waals surface area (Å²) in [6.45, 7) is 3.00. The summed E-state index contributed by atoms with van der Waals surface area (Å²) in [7, 11) is 0. The van der Waals surface area contributed by atoms with Gasteiger partial charge in [-0.2, -0.15) is 0 Å². The van der Waals surface area contributed by atoms with Crippen LogP contribution in [0.1, 0.15) is 28.8 Å². The van der Waals surface area contributed by atoms with E-state index in [4.69, 9.17) is 9.47 Å². The van der Waals surface area contributed by atoms with Crippen molar-refractivity contribution in [2.45, 2.75) is 25.9 Å². The summed E-state index contributed by atoms with van der Waals surface area (Å²) in [5, 5.41) is 5.63. The number of para-hydroxylation sites is 2. The van der Waals surface area contributed by atoms with Crippen LogP contribution in [0.4, 0.5) is 5.69 Å². The van der Waals surface area contributed by atoms with Gasteiger partial charge >= 0.3 is 0 Å². The van der Waals surface area contributed by atoms with Crippen LogP contribution in [0, 0.1) is 6.92 Å². The Morgan fingerprint density at radius 1 is 1.15 bits per heavy atom. The predicted molar refractivity (Wildman–Crippen MR) is 103 cm³/mol. The zero-order valence-electron chi connectivity index (χ0n) is 15.4. The average molecular weight is 368 g/mol. The van der Waals surface area contributed by atoms with Crippen molar-refractivity contribution in [1.29, 1.82) is 0 Å². The lowest BCUT2D eigenvalue weighted by molar-refractivity contribution is -0.118. The molecule has 0 radical (unpaired) electrons. The molecule has 1 aliphatic heterocycles. The van der Waals surface area contributed by atoms with Gasteiger partial charge in [-0.05, 0) is 43.5 Å². The number of hydrogen-bond acceptors (Lipinski definition) is 4. The van der Waals surface area contributed by atoms with E-state index in [0.717, 1.165) is 25.0 Å². The highest BCUT2D eigenvalue weighted by molar-refractivity contribution is 6.04. The van der Waals surface area contributed by atoms with Crippen LogP contribution in [0.25, 0.3) is 0 Å². The molecule has 2 N–H and O–H groups in total. The van der Waals surface area contributed by atoms with Gasteiger partial charge in [-0.1, -0.05) is 30.3 Å². The Kier molecular flexibility index (Phi) is 6.44. The Bertz CT molecular complexity index is 800. The number of amides is 2. The average Bonchev–Trinajstić information content (AvgIpc) is 3.19. The monoisotopic (exact) mass is 368 g/mol. The van der Waals surface area contributed by atoms with Crippen LogP contribution in [0.2, 0.25) is 0 Å². The van der Waals surface area contributed by atoms with E-state index in [1.807, 2.05) is 31.2 Å². The first-order chi connectivity index (χ1) is 13.1. The van der Waals surface area contributed by atoms with Crippen molar-refractivity contribution < 1.29 is 19.1 Å². The fourth-order valence-electron chi connectivity index (χ4n) is 2.95. The summed E-state index contributed by atoms with van der Waals surface area (Å²) >= 11 is 0. The van der Waals surface area contributed by atoms with E-state index in [-0.39, 0.29) is 24.5 Å². The third kappa shape index (κ3) is 5.31. The molecule has 1 aliphatic rings. The highest BCUT2D eigenvalue weighted by atomic mass is 16.5. The molecule has 0 aliphatic carbocycles. The van der Waals surface area contributed by atoms with Crippen molar-refractivity contribution >= 4 is 17.5 Å². The minimum atomic E-state index is -0.322. The van der Waals surface area contributed by atoms with Gasteiger partial charge < -0.3 is 20.1 Å². The summed E-state index contributed by atoms with van der Waals surface area (Å²) in [6, 6.07) is 14.4. The second kappa shape index (κ2) is 9.19. The van der Waals surface area contributed by atoms with Gasteiger partial charge in [-0.3, -0.25) is 9.59 Å². The number of carbonyl (C=O) groups is 2. The van der Waals surface area contributed by atoms with E-state index < -0.39 is 0 Å². The summed E-state index contributed by atoms with van der Waals surface area (Å²) in [4.78, 5) is 24.7. The van der Waals surface area contributed by atoms with E-state index >= 15 is 0 Å². The van der Waals surface area contributed by atoms with Gasteiger partial charge in [0.2, 0.25) is 0 Å². The SMILES string of the molecule is Cc1ccccc1OCC(=O)Nc1ccccc1C(=O)NC[C@H]1CCCO1. The first kappa shape index (κ1) is 18.9. The maximum atomic E-state index is 12.5. The maximum absolute atomic E-state index is 12.5. The fraction of sp³-hybridized carbons (Fsp3) is 0.333. The number of nitrogens with one attached hydrogen (secondary N) is 2. The third-order valence-corrected chi connectivity index (χ3v) is 4.41. The summed E-state index contributed by atoms with van der Waals surface area (Å²) in [5.41, 5.74) is 1.83. The van der Waals surface area contributed by atoms with Crippen molar-refractivity contribution in [2.75, 3.05) is 25.1 Å². The molecule has 0 aromatic heterocycles. The molecule has 27 heavy (non-hydrogen) atoms. The van der Waals surface area contributed by atoms with Crippen LogP contribution >= 0.6 is 0 Å². The smallest absolute Gasteiger partial charge is 0.262 e. The van der Waals surface area contributed by atoms with E-state index in [1.165, 1.54) is 0 Å². The summed E-state index contributed by atoms with van der Waals surface area (Å²) in [5.74, 6) is 0.106. The molecule has 1 atom stereocenters. The highest BCUT2D eigenvalue weighted by Gasteiger charge is 2.18. The molecule has 2 aromatic carbocycles. The van der Waals surface area contributed by atoms with Crippen LogP contribution in [0.5, 0.6) is 5.75 Å². The topological polar surface area (TPSA) is 76.7 Å². The number of rotatable bonds is 7. The first-order valence-electron chi connectivity index (χ1n) is 9.10. The Hall–Kier alpha value is -2.86. The summed E-state index contributed by atoms with van der Waals surface area (Å²) in [6.07, 6.45) is 2.04. The zero-order valence-corrected chi connectivity index (χ0v) is 15.4. The fourth-order valence-corrected chi connectivity index (χ4v) is 2.95. The number of carbonyl (C=O) groups excluding carboxylic acids is 2. The third-order valence-electron chi connectivity index (χ3n) is 4.41. The van der Waals surface area contributed by atoms with Crippen molar-refractivity contribution in [3.63, 3.8) is 0 Å². The molecular weight excluding hydrogens is 344 g/mol. The lowest BCUT2D eigenvalue weighted by atomic mass is 10.1. The lowest BCUT2D eigenvalue weighted by Gasteiger charge is -2.14.